The third-order valence-electron chi connectivity index (χ3n) is 4.23. The van der Waals surface area contributed by atoms with E-state index in [9.17, 15) is 14.9 Å². The van der Waals surface area contributed by atoms with E-state index in [0.717, 1.165) is 0 Å². The van der Waals surface area contributed by atoms with Crippen LogP contribution in [0.2, 0.25) is 0 Å². The molecule has 1 amide bonds. The van der Waals surface area contributed by atoms with Crippen LogP contribution < -0.4 is 4.74 Å². The summed E-state index contributed by atoms with van der Waals surface area (Å²) in [5.41, 5.74) is 0.643. The van der Waals surface area contributed by atoms with Crippen molar-refractivity contribution < 1.29 is 19.0 Å². The van der Waals surface area contributed by atoms with Crippen molar-refractivity contribution in [1.82, 2.24) is 15.0 Å². The Morgan fingerprint density at radius 2 is 2.04 bits per heavy atom. The molecule has 0 bridgehead atoms. The number of amides is 1. The highest BCUT2D eigenvalue weighted by Crippen LogP contribution is 2.25. The van der Waals surface area contributed by atoms with Gasteiger partial charge in [-0.25, -0.2) is 0 Å². The average Bonchev–Trinajstić information content (AvgIpc) is 3.08. The van der Waals surface area contributed by atoms with Crippen LogP contribution >= 0.6 is 0 Å². The monoisotopic (exact) mass is 360 g/mol. The van der Waals surface area contributed by atoms with Crippen molar-refractivity contribution in [2.24, 2.45) is 0 Å². The summed E-state index contributed by atoms with van der Waals surface area (Å²) in [4.78, 5) is 26.7. The smallest absolute Gasteiger partial charge is 0.310 e. The summed E-state index contributed by atoms with van der Waals surface area (Å²) in [6.45, 7) is 5.34. The molecule has 9 heteroatoms. The van der Waals surface area contributed by atoms with E-state index < -0.39 is 4.92 Å². The van der Waals surface area contributed by atoms with Gasteiger partial charge in [-0.05, 0) is 13.0 Å². The molecule has 1 aromatic carbocycles. The number of benzene rings is 1. The lowest BCUT2D eigenvalue weighted by Gasteiger charge is -2.34. The van der Waals surface area contributed by atoms with Crippen LogP contribution in [0.25, 0.3) is 0 Å². The highest BCUT2D eigenvalue weighted by molar-refractivity contribution is 5.91. The number of nitrogens with zero attached hydrogens (tertiary/aromatic N) is 4. The molecule has 1 aliphatic heterocycles. The number of para-hydroxylation sites is 2. The second-order valence-electron chi connectivity index (χ2n) is 6.04. The number of hydrogen-bond donors (Lipinski definition) is 0. The molecular formula is C17H20N4O5. The summed E-state index contributed by atoms with van der Waals surface area (Å²) in [5.74, 6) is 0.379. The summed E-state index contributed by atoms with van der Waals surface area (Å²) in [5, 5.41) is 14.7. The largest absolute Gasteiger partial charge is 0.485 e. The van der Waals surface area contributed by atoms with Crippen LogP contribution in [0.4, 0.5) is 5.69 Å². The summed E-state index contributed by atoms with van der Waals surface area (Å²) >= 11 is 0. The molecule has 2 aromatic rings. The van der Waals surface area contributed by atoms with Crippen LogP contribution in [-0.2, 0) is 0 Å². The van der Waals surface area contributed by atoms with Gasteiger partial charge in [0.05, 0.1) is 10.6 Å². The Hall–Kier alpha value is -2.94. The minimum atomic E-state index is -0.453. The van der Waals surface area contributed by atoms with Crippen LogP contribution in [0.15, 0.2) is 34.9 Å². The normalized spacial score (nSPS) is 15.0. The molecule has 0 saturated carbocycles. The second kappa shape index (κ2) is 7.96. The topological polar surface area (TPSA) is 102 Å². The van der Waals surface area contributed by atoms with Crippen molar-refractivity contribution in [1.29, 1.82) is 0 Å². The Labute approximate surface area is 150 Å². The number of carbonyl (C=O) groups excluding carboxylic acids is 1. The van der Waals surface area contributed by atoms with Crippen molar-refractivity contribution in [3.63, 3.8) is 0 Å². The Morgan fingerprint density at radius 3 is 2.69 bits per heavy atom. The van der Waals surface area contributed by atoms with E-state index in [4.69, 9.17) is 9.26 Å². The first-order chi connectivity index (χ1) is 12.5. The summed E-state index contributed by atoms with van der Waals surface area (Å²) < 4.78 is 10.6. The van der Waals surface area contributed by atoms with Gasteiger partial charge in [-0.3, -0.25) is 19.8 Å². The minimum absolute atomic E-state index is 0.0368. The highest BCUT2D eigenvalue weighted by Gasteiger charge is 2.24. The fourth-order valence-corrected chi connectivity index (χ4v) is 2.81. The molecule has 2 heterocycles. The molecule has 0 N–H and O–H groups in total. The van der Waals surface area contributed by atoms with E-state index in [2.05, 4.69) is 10.1 Å². The third-order valence-corrected chi connectivity index (χ3v) is 4.23. The zero-order valence-electron chi connectivity index (χ0n) is 14.5. The molecular weight excluding hydrogens is 340 g/mol. The number of carbonyl (C=O) groups is 1. The number of aromatic nitrogens is 1. The lowest BCUT2D eigenvalue weighted by atomic mass is 10.2. The van der Waals surface area contributed by atoms with Gasteiger partial charge in [-0.1, -0.05) is 17.3 Å². The van der Waals surface area contributed by atoms with Crippen molar-refractivity contribution in [3.05, 3.63) is 51.9 Å². The molecule has 0 spiro atoms. The number of rotatable bonds is 6. The second-order valence-corrected chi connectivity index (χ2v) is 6.04. The summed E-state index contributed by atoms with van der Waals surface area (Å²) in [6, 6.07) is 7.96. The maximum Gasteiger partial charge on any atom is 0.310 e. The van der Waals surface area contributed by atoms with Gasteiger partial charge in [-0.2, -0.15) is 0 Å². The molecule has 1 fully saturated rings. The van der Waals surface area contributed by atoms with E-state index >= 15 is 0 Å². The van der Waals surface area contributed by atoms with E-state index in [1.807, 2.05) is 0 Å². The predicted octanol–water partition coefficient (Wildman–Crippen LogP) is 1.73. The third kappa shape index (κ3) is 4.17. The van der Waals surface area contributed by atoms with Gasteiger partial charge >= 0.3 is 5.69 Å². The molecule has 3 rings (SSSR count). The van der Waals surface area contributed by atoms with E-state index in [1.54, 1.807) is 36.1 Å². The Morgan fingerprint density at radius 1 is 1.31 bits per heavy atom. The number of piperazine rings is 1. The standard InChI is InChI=1S/C17H20N4O5/c1-13-12-16(26-18-13)17(22)20-8-6-19(7-9-20)10-11-25-15-5-3-2-4-14(15)21(23)24/h2-5,12H,6-11H2,1H3. The Kier molecular flexibility index (Phi) is 5.47. The molecule has 9 nitrogen and oxygen atoms in total. The predicted molar refractivity (Wildman–Crippen MR) is 92.2 cm³/mol. The van der Waals surface area contributed by atoms with Crippen LogP contribution in [0.3, 0.4) is 0 Å². The quantitative estimate of drug-likeness (QED) is 0.571. The number of nitro groups is 1. The van der Waals surface area contributed by atoms with Crippen LogP contribution in [0, 0.1) is 17.0 Å². The molecule has 26 heavy (non-hydrogen) atoms. The zero-order valence-corrected chi connectivity index (χ0v) is 14.5. The lowest BCUT2D eigenvalue weighted by molar-refractivity contribution is -0.385. The zero-order chi connectivity index (χ0) is 18.5. The minimum Gasteiger partial charge on any atom is -0.485 e. The maximum absolute atomic E-state index is 12.3. The first-order valence-electron chi connectivity index (χ1n) is 8.36. The molecule has 0 radical (unpaired) electrons. The van der Waals surface area contributed by atoms with Crippen LogP contribution in [0.1, 0.15) is 16.2 Å². The summed E-state index contributed by atoms with van der Waals surface area (Å²) in [6.07, 6.45) is 0. The highest BCUT2D eigenvalue weighted by atomic mass is 16.6. The fraction of sp³-hybridized carbons (Fsp3) is 0.412. The van der Waals surface area contributed by atoms with Gasteiger partial charge in [0.25, 0.3) is 5.91 Å². The molecule has 1 saturated heterocycles. The van der Waals surface area contributed by atoms with Crippen molar-refractivity contribution in [2.75, 3.05) is 39.3 Å². The first kappa shape index (κ1) is 17.9. The van der Waals surface area contributed by atoms with Gasteiger partial charge in [-0.15, -0.1) is 0 Å². The number of aryl methyl sites for hydroxylation is 1. The van der Waals surface area contributed by atoms with Gasteiger partial charge in [0.2, 0.25) is 5.76 Å². The van der Waals surface area contributed by atoms with E-state index in [-0.39, 0.29) is 23.1 Å². The maximum atomic E-state index is 12.3. The molecule has 0 aliphatic carbocycles. The SMILES string of the molecule is Cc1cc(C(=O)N2CCN(CCOc3ccccc3[N+](=O)[O-])CC2)on1. The molecule has 138 valence electrons. The van der Waals surface area contributed by atoms with Crippen molar-refractivity contribution in [2.45, 2.75) is 6.92 Å². The van der Waals surface area contributed by atoms with E-state index in [1.165, 1.54) is 6.07 Å². The lowest BCUT2D eigenvalue weighted by Crippen LogP contribution is -2.49. The molecule has 0 unspecified atom stereocenters. The average molecular weight is 360 g/mol. The fourth-order valence-electron chi connectivity index (χ4n) is 2.81. The van der Waals surface area contributed by atoms with Gasteiger partial charge in [0.1, 0.15) is 6.61 Å². The first-order valence-corrected chi connectivity index (χ1v) is 8.36. The van der Waals surface area contributed by atoms with Crippen LogP contribution in [-0.4, -0.2) is 65.1 Å². The Balaban J connectivity index is 1.45. The van der Waals surface area contributed by atoms with Gasteiger partial charge < -0.3 is 14.2 Å². The van der Waals surface area contributed by atoms with Crippen molar-refractivity contribution >= 4 is 11.6 Å². The Bertz CT molecular complexity index is 783. The van der Waals surface area contributed by atoms with E-state index in [0.29, 0.717) is 45.0 Å². The molecule has 0 atom stereocenters. The summed E-state index contributed by atoms with van der Waals surface area (Å²) in [7, 11) is 0. The van der Waals surface area contributed by atoms with Gasteiger partial charge in [0, 0.05) is 44.9 Å². The number of hydrogen-bond acceptors (Lipinski definition) is 7. The van der Waals surface area contributed by atoms with Crippen LogP contribution in [0.5, 0.6) is 5.75 Å². The number of nitro benzene ring substituents is 1. The number of ether oxygens (including phenoxy) is 1. The van der Waals surface area contributed by atoms with Crippen molar-refractivity contribution in [3.8, 4) is 5.75 Å². The molecule has 1 aliphatic rings. The van der Waals surface area contributed by atoms with Gasteiger partial charge in [0.15, 0.2) is 5.75 Å². The molecule has 1 aromatic heterocycles.